The SMILES string of the molecule is O=C(OCc1ccccc1)N1CCOC(CNCc2cncc(Br)c2)C1. The summed E-state index contributed by atoms with van der Waals surface area (Å²) in [5.41, 5.74) is 2.07. The summed E-state index contributed by atoms with van der Waals surface area (Å²) in [5, 5.41) is 3.35. The van der Waals surface area contributed by atoms with Gasteiger partial charge in [0.1, 0.15) is 6.61 Å². The third-order valence-electron chi connectivity index (χ3n) is 4.06. The summed E-state index contributed by atoms with van der Waals surface area (Å²) in [7, 11) is 0. The molecule has 1 aliphatic rings. The second kappa shape index (κ2) is 9.66. The molecule has 6 nitrogen and oxygen atoms in total. The predicted octanol–water partition coefficient (Wildman–Crippen LogP) is 2.97. The molecule has 7 heteroatoms. The third kappa shape index (κ3) is 5.79. The number of halogens is 1. The number of hydrogen-bond acceptors (Lipinski definition) is 5. The number of amides is 1. The minimum absolute atomic E-state index is 0.0480. The highest BCUT2D eigenvalue weighted by atomic mass is 79.9. The average Bonchev–Trinajstić information content (AvgIpc) is 2.67. The van der Waals surface area contributed by atoms with Gasteiger partial charge in [0.05, 0.1) is 19.3 Å². The van der Waals surface area contributed by atoms with Crippen LogP contribution in [0.4, 0.5) is 4.79 Å². The van der Waals surface area contributed by atoms with Gasteiger partial charge in [0.2, 0.25) is 0 Å². The fraction of sp³-hybridized carbons (Fsp3) is 0.368. The van der Waals surface area contributed by atoms with Crippen LogP contribution >= 0.6 is 15.9 Å². The zero-order valence-corrected chi connectivity index (χ0v) is 16.0. The lowest BCUT2D eigenvalue weighted by Crippen LogP contribution is -2.49. The number of ether oxygens (including phenoxy) is 2. The summed E-state index contributed by atoms with van der Waals surface area (Å²) < 4.78 is 12.1. The Morgan fingerprint density at radius 2 is 2.15 bits per heavy atom. The van der Waals surface area contributed by atoms with E-state index in [2.05, 4.69) is 26.2 Å². The molecule has 1 fully saturated rings. The Morgan fingerprint density at radius 3 is 2.96 bits per heavy atom. The minimum atomic E-state index is -0.293. The Kier molecular flexibility index (Phi) is 6.99. The first-order chi connectivity index (χ1) is 12.7. The van der Waals surface area contributed by atoms with E-state index in [1.807, 2.05) is 42.6 Å². The van der Waals surface area contributed by atoms with Crippen LogP contribution in [0, 0.1) is 0 Å². The van der Waals surface area contributed by atoms with Gasteiger partial charge in [-0.25, -0.2) is 4.79 Å². The van der Waals surface area contributed by atoms with E-state index in [-0.39, 0.29) is 18.8 Å². The molecule has 1 aromatic carbocycles. The van der Waals surface area contributed by atoms with Crippen LogP contribution in [0.2, 0.25) is 0 Å². The van der Waals surface area contributed by atoms with Crippen molar-refractivity contribution in [3.05, 3.63) is 64.4 Å². The minimum Gasteiger partial charge on any atom is -0.445 e. The summed E-state index contributed by atoms with van der Waals surface area (Å²) in [6, 6.07) is 11.7. The summed E-state index contributed by atoms with van der Waals surface area (Å²) in [6.45, 7) is 3.25. The molecule has 0 saturated carbocycles. The summed E-state index contributed by atoms with van der Waals surface area (Å²) in [5.74, 6) is 0. The molecule has 0 aliphatic carbocycles. The van der Waals surface area contributed by atoms with Crippen LogP contribution in [-0.4, -0.2) is 48.3 Å². The third-order valence-corrected chi connectivity index (χ3v) is 4.50. The number of nitrogens with one attached hydrogen (secondary N) is 1. The van der Waals surface area contributed by atoms with E-state index in [0.717, 1.165) is 15.6 Å². The number of benzene rings is 1. The molecule has 1 amide bonds. The van der Waals surface area contributed by atoms with Crippen LogP contribution in [0.25, 0.3) is 0 Å². The largest absolute Gasteiger partial charge is 0.445 e. The number of carbonyl (C=O) groups excluding carboxylic acids is 1. The lowest BCUT2D eigenvalue weighted by atomic mass is 10.2. The van der Waals surface area contributed by atoms with Crippen LogP contribution in [-0.2, 0) is 22.6 Å². The molecule has 0 spiro atoms. The van der Waals surface area contributed by atoms with Crippen molar-refractivity contribution in [1.82, 2.24) is 15.2 Å². The van der Waals surface area contributed by atoms with Crippen LogP contribution in [0.15, 0.2) is 53.3 Å². The second-order valence-electron chi connectivity index (χ2n) is 6.12. The normalized spacial score (nSPS) is 17.1. The van der Waals surface area contributed by atoms with Gasteiger partial charge < -0.3 is 19.7 Å². The van der Waals surface area contributed by atoms with Crippen molar-refractivity contribution in [3.63, 3.8) is 0 Å². The first kappa shape index (κ1) is 18.8. The van der Waals surface area contributed by atoms with Gasteiger partial charge in [0.15, 0.2) is 0 Å². The Morgan fingerprint density at radius 1 is 1.31 bits per heavy atom. The maximum Gasteiger partial charge on any atom is 0.410 e. The molecule has 1 aliphatic heterocycles. The second-order valence-corrected chi connectivity index (χ2v) is 7.04. The molecule has 1 N–H and O–H groups in total. The molecule has 0 bridgehead atoms. The Balaban J connectivity index is 1.41. The smallest absolute Gasteiger partial charge is 0.410 e. The zero-order valence-electron chi connectivity index (χ0n) is 14.4. The molecule has 138 valence electrons. The van der Waals surface area contributed by atoms with Gasteiger partial charge in [0.25, 0.3) is 0 Å². The molecule has 1 saturated heterocycles. The number of aromatic nitrogens is 1. The lowest BCUT2D eigenvalue weighted by molar-refractivity contribution is -0.0271. The van der Waals surface area contributed by atoms with E-state index in [1.165, 1.54) is 0 Å². The van der Waals surface area contributed by atoms with Gasteiger partial charge in [-0.05, 0) is 33.1 Å². The molecule has 0 radical (unpaired) electrons. The van der Waals surface area contributed by atoms with Crippen molar-refractivity contribution in [3.8, 4) is 0 Å². The predicted molar refractivity (Wildman–Crippen MR) is 102 cm³/mol. The molecular formula is C19H22BrN3O3. The standard InChI is InChI=1S/C19H22BrN3O3/c20-17-8-16(9-21-11-17)10-22-12-18-13-23(6-7-25-18)19(24)26-14-15-4-2-1-3-5-15/h1-5,8-9,11,18,22H,6-7,10,12-14H2. The fourth-order valence-corrected chi connectivity index (χ4v) is 3.16. The molecule has 1 unspecified atom stereocenters. The Bertz CT molecular complexity index is 714. The lowest BCUT2D eigenvalue weighted by Gasteiger charge is -2.32. The van der Waals surface area contributed by atoms with Gasteiger partial charge in [-0.15, -0.1) is 0 Å². The van der Waals surface area contributed by atoms with Crippen LogP contribution in [0.3, 0.4) is 0 Å². The zero-order chi connectivity index (χ0) is 18.2. The van der Waals surface area contributed by atoms with Gasteiger partial charge >= 0.3 is 6.09 Å². The number of hydrogen-bond donors (Lipinski definition) is 1. The first-order valence-corrected chi connectivity index (χ1v) is 9.37. The summed E-state index contributed by atoms with van der Waals surface area (Å²) in [4.78, 5) is 18.1. The molecule has 3 rings (SSSR count). The monoisotopic (exact) mass is 419 g/mol. The van der Waals surface area contributed by atoms with E-state index >= 15 is 0 Å². The van der Waals surface area contributed by atoms with Crippen molar-refractivity contribution in [2.24, 2.45) is 0 Å². The first-order valence-electron chi connectivity index (χ1n) is 8.58. The molecule has 2 heterocycles. The van der Waals surface area contributed by atoms with E-state index in [0.29, 0.717) is 32.8 Å². The number of nitrogens with zero attached hydrogens (tertiary/aromatic N) is 2. The summed E-state index contributed by atoms with van der Waals surface area (Å²) >= 11 is 3.41. The molecule has 1 aromatic heterocycles. The highest BCUT2D eigenvalue weighted by Gasteiger charge is 2.25. The van der Waals surface area contributed by atoms with Crippen molar-refractivity contribution in [1.29, 1.82) is 0 Å². The number of morpholine rings is 1. The van der Waals surface area contributed by atoms with Gasteiger partial charge in [-0.1, -0.05) is 30.3 Å². The van der Waals surface area contributed by atoms with Crippen molar-refractivity contribution in [2.75, 3.05) is 26.2 Å². The van der Waals surface area contributed by atoms with Gasteiger partial charge in [-0.2, -0.15) is 0 Å². The number of pyridine rings is 1. The summed E-state index contributed by atoms with van der Waals surface area (Å²) in [6.07, 6.45) is 3.24. The Hall–Kier alpha value is -1.96. The molecular weight excluding hydrogens is 398 g/mol. The van der Waals surface area contributed by atoms with Crippen molar-refractivity contribution in [2.45, 2.75) is 19.3 Å². The van der Waals surface area contributed by atoms with E-state index in [9.17, 15) is 4.79 Å². The quantitative estimate of drug-likeness (QED) is 0.779. The number of carbonyl (C=O) groups is 1. The maximum absolute atomic E-state index is 12.3. The number of rotatable bonds is 6. The van der Waals surface area contributed by atoms with Gasteiger partial charge in [0, 0.05) is 36.5 Å². The van der Waals surface area contributed by atoms with Gasteiger partial charge in [-0.3, -0.25) is 4.98 Å². The van der Waals surface area contributed by atoms with Crippen molar-refractivity contribution < 1.29 is 14.3 Å². The Labute approximate surface area is 161 Å². The highest BCUT2D eigenvalue weighted by Crippen LogP contribution is 2.11. The topological polar surface area (TPSA) is 63.7 Å². The fourth-order valence-electron chi connectivity index (χ4n) is 2.75. The molecule has 1 atom stereocenters. The van der Waals surface area contributed by atoms with E-state index < -0.39 is 0 Å². The van der Waals surface area contributed by atoms with Crippen molar-refractivity contribution >= 4 is 22.0 Å². The van der Waals surface area contributed by atoms with E-state index in [1.54, 1.807) is 11.1 Å². The molecule has 2 aromatic rings. The van der Waals surface area contributed by atoms with E-state index in [4.69, 9.17) is 9.47 Å². The van der Waals surface area contributed by atoms with Crippen LogP contribution in [0.5, 0.6) is 0 Å². The highest BCUT2D eigenvalue weighted by molar-refractivity contribution is 9.10. The molecule has 26 heavy (non-hydrogen) atoms. The maximum atomic E-state index is 12.3. The van der Waals surface area contributed by atoms with Crippen LogP contribution in [0.1, 0.15) is 11.1 Å². The van der Waals surface area contributed by atoms with Crippen LogP contribution < -0.4 is 5.32 Å². The average molecular weight is 420 g/mol.